The molecule has 110 valence electrons. The van der Waals surface area contributed by atoms with Gasteiger partial charge in [0.25, 0.3) is 0 Å². The normalized spacial score (nSPS) is 14.1. The molecular formula is C19H17ClN2. The van der Waals surface area contributed by atoms with Gasteiger partial charge < -0.3 is 4.90 Å². The highest BCUT2D eigenvalue weighted by molar-refractivity contribution is 6.32. The first-order valence-corrected chi connectivity index (χ1v) is 8.06. The lowest BCUT2D eigenvalue weighted by molar-refractivity contribution is 0.692. The summed E-state index contributed by atoms with van der Waals surface area (Å²) in [4.78, 5) is 6.98. The van der Waals surface area contributed by atoms with Gasteiger partial charge in [-0.2, -0.15) is 0 Å². The number of rotatable bonds is 2. The van der Waals surface area contributed by atoms with Crippen LogP contribution in [0.1, 0.15) is 17.5 Å². The quantitative estimate of drug-likeness (QED) is 0.673. The summed E-state index contributed by atoms with van der Waals surface area (Å²) in [6.07, 6.45) is 4.19. The predicted molar refractivity (Wildman–Crippen MR) is 92.6 cm³/mol. The van der Waals surface area contributed by atoms with Gasteiger partial charge in [0, 0.05) is 40.9 Å². The van der Waals surface area contributed by atoms with E-state index in [4.69, 9.17) is 11.6 Å². The first-order valence-electron chi connectivity index (χ1n) is 7.68. The van der Waals surface area contributed by atoms with Gasteiger partial charge in [0.2, 0.25) is 0 Å². The standard InChI is InChI=1S/C19H17ClN2/c20-17-10-9-15-6-3-11-21-19(15)16(17)13-22-12-4-7-14-5-1-2-8-18(14)22/h1-3,5-6,8-11H,4,7,12-13H2. The number of aryl methyl sites for hydroxylation is 1. The Kier molecular flexibility index (Phi) is 3.47. The fourth-order valence-electron chi connectivity index (χ4n) is 3.30. The summed E-state index contributed by atoms with van der Waals surface area (Å²) in [6.45, 7) is 1.88. The average molecular weight is 309 g/mol. The Balaban J connectivity index is 1.78. The van der Waals surface area contributed by atoms with Crippen molar-refractivity contribution in [2.45, 2.75) is 19.4 Å². The molecule has 0 N–H and O–H groups in total. The molecule has 0 bridgehead atoms. The van der Waals surface area contributed by atoms with Crippen LogP contribution in [0, 0.1) is 0 Å². The van der Waals surface area contributed by atoms with E-state index in [1.807, 2.05) is 24.4 Å². The summed E-state index contributed by atoms with van der Waals surface area (Å²) in [5, 5.41) is 1.95. The van der Waals surface area contributed by atoms with Crippen molar-refractivity contribution < 1.29 is 0 Å². The van der Waals surface area contributed by atoms with Crippen molar-refractivity contribution in [3.05, 3.63) is 70.9 Å². The van der Waals surface area contributed by atoms with Crippen LogP contribution in [0.25, 0.3) is 10.9 Å². The molecule has 4 rings (SSSR count). The molecular weight excluding hydrogens is 292 g/mol. The molecule has 0 fully saturated rings. The van der Waals surface area contributed by atoms with Gasteiger partial charge in [0.15, 0.2) is 0 Å². The van der Waals surface area contributed by atoms with Crippen molar-refractivity contribution in [1.29, 1.82) is 0 Å². The molecule has 0 saturated heterocycles. The monoisotopic (exact) mass is 308 g/mol. The lowest BCUT2D eigenvalue weighted by atomic mass is 10.0. The third-order valence-corrected chi connectivity index (χ3v) is 4.73. The van der Waals surface area contributed by atoms with Gasteiger partial charge in [-0.15, -0.1) is 0 Å². The number of para-hydroxylation sites is 1. The second-order valence-corrected chi connectivity index (χ2v) is 6.16. The van der Waals surface area contributed by atoms with Crippen LogP contribution in [0.3, 0.4) is 0 Å². The third kappa shape index (κ3) is 2.34. The second-order valence-electron chi connectivity index (χ2n) is 5.75. The third-order valence-electron chi connectivity index (χ3n) is 4.38. The molecule has 3 aromatic rings. The Bertz CT molecular complexity index is 829. The summed E-state index contributed by atoms with van der Waals surface area (Å²) in [6, 6.07) is 16.7. The maximum atomic E-state index is 6.48. The lowest BCUT2D eigenvalue weighted by Gasteiger charge is -2.31. The maximum Gasteiger partial charge on any atom is 0.0766 e. The Morgan fingerprint density at radius 2 is 1.95 bits per heavy atom. The minimum Gasteiger partial charge on any atom is -0.367 e. The van der Waals surface area contributed by atoms with Crippen LogP contribution < -0.4 is 4.90 Å². The molecule has 1 aliphatic heterocycles. The highest BCUT2D eigenvalue weighted by atomic mass is 35.5. The summed E-state index contributed by atoms with van der Waals surface area (Å²) >= 11 is 6.48. The number of nitrogens with zero attached hydrogens (tertiary/aromatic N) is 2. The number of anilines is 1. The van der Waals surface area contributed by atoms with E-state index in [1.54, 1.807) is 0 Å². The second kappa shape index (κ2) is 5.62. The molecule has 3 heteroatoms. The Labute approximate surface area is 135 Å². The first kappa shape index (κ1) is 13.6. The smallest absolute Gasteiger partial charge is 0.0766 e. The van der Waals surface area contributed by atoms with Gasteiger partial charge in [0.05, 0.1) is 5.52 Å². The van der Waals surface area contributed by atoms with Crippen molar-refractivity contribution in [1.82, 2.24) is 4.98 Å². The van der Waals surface area contributed by atoms with E-state index in [9.17, 15) is 0 Å². The average Bonchev–Trinajstić information content (AvgIpc) is 2.58. The van der Waals surface area contributed by atoms with E-state index < -0.39 is 0 Å². The number of fused-ring (bicyclic) bond motifs is 2. The van der Waals surface area contributed by atoms with Crippen LogP contribution in [-0.2, 0) is 13.0 Å². The number of aromatic nitrogens is 1. The van der Waals surface area contributed by atoms with E-state index in [1.165, 1.54) is 17.7 Å². The number of halogens is 1. The molecule has 0 spiro atoms. The van der Waals surface area contributed by atoms with Crippen LogP contribution in [0.5, 0.6) is 0 Å². The van der Waals surface area contributed by atoms with E-state index in [-0.39, 0.29) is 0 Å². The summed E-state index contributed by atoms with van der Waals surface area (Å²) < 4.78 is 0. The van der Waals surface area contributed by atoms with Crippen molar-refractivity contribution in [2.75, 3.05) is 11.4 Å². The van der Waals surface area contributed by atoms with Crippen molar-refractivity contribution in [3.8, 4) is 0 Å². The molecule has 0 saturated carbocycles. The van der Waals surface area contributed by atoms with Gasteiger partial charge in [-0.1, -0.05) is 41.9 Å². The maximum absolute atomic E-state index is 6.48. The van der Waals surface area contributed by atoms with Crippen LogP contribution in [0.4, 0.5) is 5.69 Å². The fraction of sp³-hybridized carbons (Fsp3) is 0.211. The van der Waals surface area contributed by atoms with Crippen molar-refractivity contribution in [3.63, 3.8) is 0 Å². The summed E-state index contributed by atoms with van der Waals surface area (Å²) in [5.74, 6) is 0. The molecule has 0 unspecified atom stereocenters. The zero-order valence-electron chi connectivity index (χ0n) is 12.3. The molecule has 0 amide bonds. The molecule has 22 heavy (non-hydrogen) atoms. The molecule has 0 atom stereocenters. The molecule has 1 aliphatic rings. The topological polar surface area (TPSA) is 16.1 Å². The van der Waals surface area contributed by atoms with Crippen molar-refractivity contribution in [2.24, 2.45) is 0 Å². The summed E-state index contributed by atoms with van der Waals surface area (Å²) in [7, 11) is 0. The Morgan fingerprint density at radius 3 is 2.91 bits per heavy atom. The summed E-state index contributed by atoms with van der Waals surface area (Å²) in [5.41, 5.74) is 4.89. The van der Waals surface area contributed by atoms with Gasteiger partial charge in [-0.05, 0) is 36.6 Å². The number of pyridine rings is 1. The molecule has 2 aromatic carbocycles. The lowest BCUT2D eigenvalue weighted by Crippen LogP contribution is -2.29. The highest BCUT2D eigenvalue weighted by Gasteiger charge is 2.18. The van der Waals surface area contributed by atoms with E-state index >= 15 is 0 Å². The molecule has 2 nitrogen and oxygen atoms in total. The molecule has 0 radical (unpaired) electrons. The largest absolute Gasteiger partial charge is 0.367 e. The predicted octanol–water partition coefficient (Wildman–Crippen LogP) is 4.84. The SMILES string of the molecule is Clc1ccc2cccnc2c1CN1CCCc2ccccc21. The minimum atomic E-state index is 0.800. The molecule has 2 heterocycles. The van der Waals surface area contributed by atoms with Gasteiger partial charge in [-0.25, -0.2) is 0 Å². The van der Waals surface area contributed by atoms with Crippen molar-refractivity contribution >= 4 is 28.2 Å². The Morgan fingerprint density at radius 1 is 1.05 bits per heavy atom. The van der Waals surface area contributed by atoms with E-state index in [0.717, 1.165) is 41.0 Å². The number of hydrogen-bond acceptors (Lipinski definition) is 2. The van der Waals surface area contributed by atoms with E-state index in [2.05, 4.69) is 40.2 Å². The molecule has 1 aromatic heterocycles. The first-order chi connectivity index (χ1) is 10.8. The van der Waals surface area contributed by atoms with Gasteiger partial charge in [0.1, 0.15) is 0 Å². The number of benzene rings is 2. The van der Waals surface area contributed by atoms with Crippen LogP contribution in [-0.4, -0.2) is 11.5 Å². The highest BCUT2D eigenvalue weighted by Crippen LogP contribution is 2.31. The zero-order chi connectivity index (χ0) is 14.9. The van der Waals surface area contributed by atoms with Crippen LogP contribution in [0.15, 0.2) is 54.7 Å². The fourth-order valence-corrected chi connectivity index (χ4v) is 3.51. The zero-order valence-corrected chi connectivity index (χ0v) is 13.1. The molecule has 0 aliphatic carbocycles. The minimum absolute atomic E-state index is 0.800. The number of hydrogen-bond donors (Lipinski definition) is 0. The Hall–Kier alpha value is -2.06. The van der Waals surface area contributed by atoms with Crippen LogP contribution >= 0.6 is 11.6 Å². The van der Waals surface area contributed by atoms with Gasteiger partial charge >= 0.3 is 0 Å². The van der Waals surface area contributed by atoms with Crippen LogP contribution in [0.2, 0.25) is 5.02 Å². The van der Waals surface area contributed by atoms with E-state index in [0.29, 0.717) is 0 Å². The van der Waals surface area contributed by atoms with Gasteiger partial charge in [-0.3, -0.25) is 4.98 Å².